The smallest absolute Gasteiger partial charge is 0.252 e. The largest absolute Gasteiger partial charge is 0.352 e. The Hall–Kier alpha value is -0.930. The second-order valence-corrected chi connectivity index (χ2v) is 6.30. The van der Waals surface area contributed by atoms with Crippen LogP contribution < -0.4 is 5.32 Å². The average molecular weight is 437 g/mol. The van der Waals surface area contributed by atoms with Gasteiger partial charge in [0.25, 0.3) is 5.91 Å². The molecule has 5 nitrogen and oxygen atoms in total. The molecule has 21 heavy (non-hydrogen) atoms. The van der Waals surface area contributed by atoms with E-state index in [1.807, 2.05) is 17.6 Å². The van der Waals surface area contributed by atoms with E-state index in [9.17, 15) is 4.79 Å². The summed E-state index contributed by atoms with van der Waals surface area (Å²) in [5.41, 5.74) is 0.581. The maximum absolute atomic E-state index is 12.1. The molecule has 2 N–H and O–H groups in total. The molecule has 2 aromatic rings. The summed E-state index contributed by atoms with van der Waals surface area (Å²) < 4.78 is 3.37. The van der Waals surface area contributed by atoms with E-state index in [-0.39, 0.29) is 5.91 Å². The van der Waals surface area contributed by atoms with Crippen LogP contribution in [0.5, 0.6) is 0 Å². The number of aromatic nitrogens is 3. The number of carbonyl (C=O) groups is 1. The van der Waals surface area contributed by atoms with Crippen molar-refractivity contribution in [3.63, 3.8) is 0 Å². The summed E-state index contributed by atoms with van der Waals surface area (Å²) in [7, 11) is 0. The zero-order chi connectivity index (χ0) is 15.4. The van der Waals surface area contributed by atoms with Crippen molar-refractivity contribution >= 4 is 52.3 Å². The normalized spacial score (nSPS) is 10.6. The van der Waals surface area contributed by atoms with Gasteiger partial charge in [0.15, 0.2) is 4.77 Å². The Morgan fingerprint density at radius 3 is 3.05 bits per heavy atom. The molecule has 0 aliphatic heterocycles. The number of amides is 1. The monoisotopic (exact) mass is 436 g/mol. The van der Waals surface area contributed by atoms with Gasteiger partial charge < -0.3 is 9.88 Å². The van der Waals surface area contributed by atoms with E-state index in [4.69, 9.17) is 23.8 Å². The number of aromatic amines is 1. The van der Waals surface area contributed by atoms with Crippen LogP contribution in [0.25, 0.3) is 0 Å². The first-order valence-electron chi connectivity index (χ1n) is 6.40. The molecule has 0 bridgehead atoms. The molecule has 0 atom stereocenters. The summed E-state index contributed by atoms with van der Waals surface area (Å²) in [6.07, 6.45) is 0.615. The lowest BCUT2D eigenvalue weighted by atomic mass is 10.2. The van der Waals surface area contributed by atoms with E-state index >= 15 is 0 Å². The highest BCUT2D eigenvalue weighted by atomic mass is 127. The molecule has 0 unspecified atom stereocenters. The van der Waals surface area contributed by atoms with Crippen LogP contribution >= 0.6 is 46.4 Å². The summed E-state index contributed by atoms with van der Waals surface area (Å²) in [5.74, 6) is 0.697. The quantitative estimate of drug-likeness (QED) is 0.559. The molecule has 1 aromatic carbocycles. The Morgan fingerprint density at radius 1 is 1.57 bits per heavy atom. The number of rotatable bonds is 5. The standard InChI is InChI=1S/C13H14ClIN4OS/c1-2-19-11(17-18-13(19)21)5-6-16-12(20)9-7-8(14)3-4-10(9)15/h3-4,7H,2,5-6H2,1H3,(H,16,20)(H,18,21). The lowest BCUT2D eigenvalue weighted by molar-refractivity contribution is 0.0953. The van der Waals surface area contributed by atoms with Crippen LogP contribution in [0.4, 0.5) is 0 Å². The number of nitrogens with zero attached hydrogens (tertiary/aromatic N) is 2. The molecule has 8 heteroatoms. The Morgan fingerprint density at radius 2 is 2.33 bits per heavy atom. The SMILES string of the molecule is CCn1c(CCNC(=O)c2cc(Cl)ccc2I)n[nH]c1=S. The van der Waals surface area contributed by atoms with E-state index < -0.39 is 0 Å². The van der Waals surface area contributed by atoms with Crippen LogP contribution in [0.2, 0.25) is 5.02 Å². The fourth-order valence-electron chi connectivity index (χ4n) is 1.92. The molecule has 0 spiro atoms. The average Bonchev–Trinajstić information content (AvgIpc) is 2.81. The van der Waals surface area contributed by atoms with Crippen LogP contribution in [0.3, 0.4) is 0 Å². The van der Waals surface area contributed by atoms with Crippen LogP contribution in [0.15, 0.2) is 18.2 Å². The zero-order valence-electron chi connectivity index (χ0n) is 11.3. The predicted octanol–water partition coefficient (Wildman–Crippen LogP) is 3.19. The second kappa shape index (κ2) is 7.37. The van der Waals surface area contributed by atoms with Crippen molar-refractivity contribution in [1.29, 1.82) is 0 Å². The number of H-pyrrole nitrogens is 1. The molecular weight excluding hydrogens is 423 g/mol. The van der Waals surface area contributed by atoms with Crippen LogP contribution in [-0.2, 0) is 13.0 Å². The number of halogens is 2. The van der Waals surface area contributed by atoms with Crippen LogP contribution in [0.1, 0.15) is 23.1 Å². The summed E-state index contributed by atoms with van der Waals surface area (Å²) in [4.78, 5) is 12.1. The number of benzene rings is 1. The number of hydrogen-bond acceptors (Lipinski definition) is 3. The molecule has 2 rings (SSSR count). The maximum atomic E-state index is 12.1. The molecule has 112 valence electrons. The molecular formula is C13H14ClIN4OS. The highest BCUT2D eigenvalue weighted by Crippen LogP contribution is 2.17. The third-order valence-corrected chi connectivity index (χ3v) is 4.45. The van der Waals surface area contributed by atoms with Gasteiger partial charge in [-0.1, -0.05) is 11.6 Å². The summed E-state index contributed by atoms with van der Waals surface area (Å²) in [5, 5.41) is 10.3. The summed E-state index contributed by atoms with van der Waals surface area (Å²) in [6.45, 7) is 3.24. The van der Waals surface area contributed by atoms with Crippen molar-refractivity contribution in [1.82, 2.24) is 20.1 Å². The van der Waals surface area contributed by atoms with Crippen LogP contribution in [-0.4, -0.2) is 27.2 Å². The van der Waals surface area contributed by atoms with Crippen molar-refractivity contribution in [3.05, 3.63) is 43.0 Å². The van der Waals surface area contributed by atoms with Gasteiger partial charge in [-0.2, -0.15) is 5.10 Å². The summed E-state index contributed by atoms with van der Waals surface area (Å²) in [6, 6.07) is 5.25. The van der Waals surface area contributed by atoms with Crippen molar-refractivity contribution in [2.24, 2.45) is 0 Å². The van der Waals surface area contributed by atoms with E-state index in [1.165, 1.54) is 0 Å². The lowest BCUT2D eigenvalue weighted by Gasteiger charge is -2.08. The lowest BCUT2D eigenvalue weighted by Crippen LogP contribution is -2.27. The van der Waals surface area contributed by atoms with Gasteiger partial charge in [-0.25, -0.2) is 0 Å². The Labute approximate surface area is 146 Å². The molecule has 1 amide bonds. The van der Waals surface area contributed by atoms with Gasteiger partial charge in [0.05, 0.1) is 5.56 Å². The Kier molecular flexibility index (Phi) is 5.77. The maximum Gasteiger partial charge on any atom is 0.252 e. The van der Waals surface area contributed by atoms with E-state index in [0.29, 0.717) is 28.3 Å². The van der Waals surface area contributed by atoms with E-state index in [2.05, 4.69) is 38.1 Å². The van der Waals surface area contributed by atoms with Crippen molar-refractivity contribution in [3.8, 4) is 0 Å². The minimum absolute atomic E-state index is 0.140. The topological polar surface area (TPSA) is 62.7 Å². The van der Waals surface area contributed by atoms with Crippen molar-refractivity contribution in [2.75, 3.05) is 6.54 Å². The van der Waals surface area contributed by atoms with Crippen LogP contribution in [0, 0.1) is 8.34 Å². The van der Waals surface area contributed by atoms with Gasteiger partial charge in [0.1, 0.15) is 5.82 Å². The molecule has 0 saturated carbocycles. The number of nitrogens with one attached hydrogen (secondary N) is 2. The molecule has 0 saturated heterocycles. The Bertz CT molecular complexity index is 712. The van der Waals surface area contributed by atoms with Gasteiger partial charge in [-0.15, -0.1) is 0 Å². The first-order chi connectivity index (χ1) is 10.0. The fraction of sp³-hybridized carbons (Fsp3) is 0.308. The minimum Gasteiger partial charge on any atom is -0.352 e. The fourth-order valence-corrected chi connectivity index (χ4v) is 2.95. The highest BCUT2D eigenvalue weighted by molar-refractivity contribution is 14.1. The highest BCUT2D eigenvalue weighted by Gasteiger charge is 2.11. The molecule has 0 radical (unpaired) electrons. The number of carbonyl (C=O) groups excluding carboxylic acids is 1. The van der Waals surface area contributed by atoms with Crippen molar-refractivity contribution in [2.45, 2.75) is 19.9 Å². The predicted molar refractivity (Wildman–Crippen MR) is 93.3 cm³/mol. The van der Waals surface area contributed by atoms with Crippen molar-refractivity contribution < 1.29 is 4.79 Å². The third-order valence-electron chi connectivity index (χ3n) is 2.96. The van der Waals surface area contributed by atoms with Gasteiger partial charge >= 0.3 is 0 Å². The van der Waals surface area contributed by atoms with E-state index in [0.717, 1.165) is 15.9 Å². The zero-order valence-corrected chi connectivity index (χ0v) is 15.1. The molecule has 1 heterocycles. The molecule has 0 aliphatic carbocycles. The number of hydrogen-bond donors (Lipinski definition) is 2. The summed E-state index contributed by atoms with van der Waals surface area (Å²) >= 11 is 13.2. The Balaban J connectivity index is 1.98. The molecule has 0 fully saturated rings. The molecule has 1 aromatic heterocycles. The third kappa shape index (κ3) is 4.04. The van der Waals surface area contributed by atoms with Gasteiger partial charge in [0, 0.05) is 28.1 Å². The van der Waals surface area contributed by atoms with Gasteiger partial charge in [-0.3, -0.25) is 9.89 Å². The second-order valence-electron chi connectivity index (χ2n) is 4.32. The first kappa shape index (κ1) is 16.4. The first-order valence-corrected chi connectivity index (χ1v) is 8.26. The minimum atomic E-state index is -0.140. The molecule has 0 aliphatic rings. The van der Waals surface area contributed by atoms with E-state index in [1.54, 1.807) is 12.1 Å². The van der Waals surface area contributed by atoms with Gasteiger partial charge in [0.2, 0.25) is 0 Å². The van der Waals surface area contributed by atoms with Gasteiger partial charge in [-0.05, 0) is 59.9 Å².